The number of nitrogens with one attached hydrogen (secondary N) is 1. The summed E-state index contributed by atoms with van der Waals surface area (Å²) in [6.45, 7) is 0. The van der Waals surface area contributed by atoms with Gasteiger partial charge in [-0.05, 0) is 52.4 Å². The summed E-state index contributed by atoms with van der Waals surface area (Å²) in [6, 6.07) is 13.0. The Bertz CT molecular complexity index is 1000. The lowest BCUT2D eigenvalue weighted by Crippen LogP contribution is -2.31. The standard InChI is InChI=1S/C18H11F3IN3O/c19-18(20,21)17(9-23-17)11-3-1-10(2-4-11)14-8-15(25-24-14)13-6-5-12(22)7-16(13)26/h1-9,26H,(H,24,25). The Kier molecular flexibility index (Phi) is 3.83. The molecule has 2 aromatic carbocycles. The number of rotatable bonds is 3. The van der Waals surface area contributed by atoms with Crippen molar-refractivity contribution in [2.45, 2.75) is 11.7 Å². The van der Waals surface area contributed by atoms with Gasteiger partial charge in [0.15, 0.2) is 0 Å². The number of alkyl halides is 3. The molecule has 4 rings (SSSR count). The highest BCUT2D eigenvalue weighted by molar-refractivity contribution is 14.1. The van der Waals surface area contributed by atoms with E-state index in [-0.39, 0.29) is 11.3 Å². The van der Waals surface area contributed by atoms with E-state index in [0.717, 1.165) is 9.78 Å². The van der Waals surface area contributed by atoms with Crippen molar-refractivity contribution in [3.05, 3.63) is 57.7 Å². The summed E-state index contributed by atoms with van der Waals surface area (Å²) in [7, 11) is 0. The fourth-order valence-electron chi connectivity index (χ4n) is 2.76. The van der Waals surface area contributed by atoms with Gasteiger partial charge in [-0.15, -0.1) is 0 Å². The van der Waals surface area contributed by atoms with Crippen LogP contribution in [-0.2, 0) is 5.54 Å². The molecule has 0 aliphatic carbocycles. The van der Waals surface area contributed by atoms with Gasteiger partial charge in [0.1, 0.15) is 5.75 Å². The molecule has 3 aromatic rings. The summed E-state index contributed by atoms with van der Waals surface area (Å²) >= 11 is 2.10. The zero-order valence-corrected chi connectivity index (χ0v) is 15.2. The Morgan fingerprint density at radius 3 is 2.31 bits per heavy atom. The highest BCUT2D eigenvalue weighted by atomic mass is 127. The minimum atomic E-state index is -4.43. The summed E-state index contributed by atoms with van der Waals surface area (Å²) < 4.78 is 40.2. The third-order valence-electron chi connectivity index (χ3n) is 4.27. The normalized spacial score (nSPS) is 18.9. The lowest BCUT2D eigenvalue weighted by atomic mass is 9.95. The Hall–Kier alpha value is -2.36. The average molecular weight is 469 g/mol. The van der Waals surface area contributed by atoms with Gasteiger partial charge in [0, 0.05) is 20.9 Å². The number of phenolic OH excluding ortho intramolecular Hbond substituents is 1. The molecule has 0 bridgehead atoms. The van der Waals surface area contributed by atoms with Crippen LogP contribution in [0.2, 0.25) is 0 Å². The molecule has 1 atom stereocenters. The quantitative estimate of drug-likeness (QED) is 0.537. The van der Waals surface area contributed by atoms with Gasteiger partial charge in [0.25, 0.3) is 0 Å². The monoisotopic (exact) mass is 469 g/mol. The van der Waals surface area contributed by atoms with Crippen LogP contribution in [0.25, 0.3) is 22.5 Å². The zero-order valence-electron chi connectivity index (χ0n) is 13.0. The van der Waals surface area contributed by atoms with Crippen LogP contribution in [0.1, 0.15) is 5.56 Å². The number of phenols is 1. The van der Waals surface area contributed by atoms with Crippen LogP contribution in [0, 0.1) is 3.57 Å². The van der Waals surface area contributed by atoms with Crippen molar-refractivity contribution in [1.29, 1.82) is 0 Å². The lowest BCUT2D eigenvalue weighted by Gasteiger charge is -2.17. The SMILES string of the molecule is Oc1cc(I)ccc1-c1cc(-c2ccc(C3(C(F)(F)F)C=N3)cc2)n[nH]1. The second-order valence-corrected chi connectivity index (χ2v) is 7.17. The van der Waals surface area contributed by atoms with Crippen molar-refractivity contribution >= 4 is 28.8 Å². The van der Waals surface area contributed by atoms with Gasteiger partial charge >= 0.3 is 6.18 Å². The second-order valence-electron chi connectivity index (χ2n) is 5.93. The molecule has 26 heavy (non-hydrogen) atoms. The summed E-state index contributed by atoms with van der Waals surface area (Å²) in [5.41, 5.74) is 0.370. The predicted molar refractivity (Wildman–Crippen MR) is 100 cm³/mol. The largest absolute Gasteiger partial charge is 0.507 e. The van der Waals surface area contributed by atoms with E-state index in [2.05, 4.69) is 37.8 Å². The maximum atomic E-state index is 13.1. The molecule has 0 amide bonds. The first kappa shape index (κ1) is 17.1. The number of hydrogen-bond acceptors (Lipinski definition) is 3. The van der Waals surface area contributed by atoms with Crippen molar-refractivity contribution < 1.29 is 18.3 Å². The van der Waals surface area contributed by atoms with Crippen molar-refractivity contribution in [1.82, 2.24) is 10.2 Å². The number of nitrogens with zero attached hydrogens (tertiary/aromatic N) is 2. The van der Waals surface area contributed by atoms with Crippen molar-refractivity contribution in [3.63, 3.8) is 0 Å². The maximum absolute atomic E-state index is 13.1. The number of aliphatic imine (C=N–C) groups is 1. The third kappa shape index (κ3) is 2.77. The van der Waals surface area contributed by atoms with Gasteiger partial charge in [0.2, 0.25) is 5.54 Å². The van der Waals surface area contributed by atoms with Crippen LogP contribution in [0.15, 0.2) is 53.5 Å². The number of benzene rings is 2. The molecule has 0 saturated heterocycles. The van der Waals surface area contributed by atoms with Gasteiger partial charge in [0.05, 0.1) is 11.4 Å². The first-order chi connectivity index (χ1) is 12.3. The molecule has 4 nitrogen and oxygen atoms in total. The zero-order chi connectivity index (χ0) is 18.5. The summed E-state index contributed by atoms with van der Waals surface area (Å²) in [5, 5.41) is 17.1. The first-order valence-corrected chi connectivity index (χ1v) is 8.66. The van der Waals surface area contributed by atoms with E-state index in [9.17, 15) is 18.3 Å². The number of halogens is 4. The van der Waals surface area contributed by atoms with Crippen molar-refractivity contribution in [2.24, 2.45) is 4.99 Å². The van der Waals surface area contributed by atoms with Crippen LogP contribution < -0.4 is 0 Å². The van der Waals surface area contributed by atoms with Gasteiger partial charge in [-0.2, -0.15) is 18.3 Å². The topological polar surface area (TPSA) is 61.3 Å². The predicted octanol–water partition coefficient (Wildman–Crippen LogP) is 4.90. The third-order valence-corrected chi connectivity index (χ3v) is 4.94. The van der Waals surface area contributed by atoms with Gasteiger partial charge in [-0.25, -0.2) is 0 Å². The van der Waals surface area contributed by atoms with Gasteiger partial charge in [-0.3, -0.25) is 10.1 Å². The lowest BCUT2D eigenvalue weighted by molar-refractivity contribution is -0.156. The summed E-state index contributed by atoms with van der Waals surface area (Å²) in [4.78, 5) is 3.44. The number of aromatic amines is 1. The van der Waals surface area contributed by atoms with E-state index >= 15 is 0 Å². The number of hydrogen-bond donors (Lipinski definition) is 2. The fraction of sp³-hybridized carbons (Fsp3) is 0.111. The fourth-order valence-corrected chi connectivity index (χ4v) is 3.23. The molecule has 0 spiro atoms. The van der Waals surface area contributed by atoms with Gasteiger partial charge < -0.3 is 5.11 Å². The van der Waals surface area contributed by atoms with E-state index in [1.54, 1.807) is 30.3 Å². The van der Waals surface area contributed by atoms with Crippen molar-refractivity contribution in [2.75, 3.05) is 0 Å². The molecule has 0 fully saturated rings. The molecule has 2 heterocycles. The Morgan fingerprint density at radius 2 is 1.73 bits per heavy atom. The smallest absolute Gasteiger partial charge is 0.422 e. The highest BCUT2D eigenvalue weighted by Gasteiger charge is 2.61. The first-order valence-electron chi connectivity index (χ1n) is 7.58. The van der Waals surface area contributed by atoms with Crippen LogP contribution in [0.4, 0.5) is 13.2 Å². The Labute approximate surface area is 159 Å². The van der Waals surface area contributed by atoms with E-state index in [4.69, 9.17) is 0 Å². The molecule has 1 aliphatic rings. The molecule has 0 radical (unpaired) electrons. The maximum Gasteiger partial charge on any atom is 0.422 e. The van der Waals surface area contributed by atoms with Crippen LogP contribution in [-0.4, -0.2) is 27.7 Å². The van der Waals surface area contributed by atoms with Crippen LogP contribution >= 0.6 is 22.6 Å². The Balaban J connectivity index is 1.63. The van der Waals surface area contributed by atoms with Crippen LogP contribution in [0.3, 0.4) is 0 Å². The number of aromatic hydroxyl groups is 1. The summed E-state index contributed by atoms with van der Waals surface area (Å²) in [5.74, 6) is 0.125. The van der Waals surface area contributed by atoms with E-state index in [1.807, 2.05) is 6.07 Å². The molecule has 1 unspecified atom stereocenters. The highest BCUT2D eigenvalue weighted by Crippen LogP contribution is 2.48. The second kappa shape index (κ2) is 5.83. The molecule has 2 N–H and O–H groups in total. The number of H-pyrrole nitrogens is 1. The minimum absolute atomic E-state index is 0.0831. The molecular weight excluding hydrogens is 458 g/mol. The average Bonchev–Trinajstić information content (AvgIpc) is 3.28. The number of aromatic nitrogens is 2. The molecule has 132 valence electrons. The Morgan fingerprint density at radius 1 is 1.04 bits per heavy atom. The molecular formula is C18H11F3IN3O. The van der Waals surface area contributed by atoms with E-state index < -0.39 is 11.7 Å². The van der Waals surface area contributed by atoms with Crippen LogP contribution in [0.5, 0.6) is 5.75 Å². The van der Waals surface area contributed by atoms with Crippen molar-refractivity contribution in [3.8, 4) is 28.3 Å². The van der Waals surface area contributed by atoms with E-state index in [1.165, 1.54) is 12.1 Å². The molecule has 8 heteroatoms. The van der Waals surface area contributed by atoms with E-state index in [0.29, 0.717) is 22.5 Å². The molecule has 1 aromatic heterocycles. The molecule has 1 aliphatic heterocycles. The van der Waals surface area contributed by atoms with Gasteiger partial charge in [-0.1, -0.05) is 24.3 Å². The summed E-state index contributed by atoms with van der Waals surface area (Å²) in [6.07, 6.45) is -3.52. The minimum Gasteiger partial charge on any atom is -0.507 e. The molecule has 0 saturated carbocycles.